The van der Waals surface area contributed by atoms with Crippen molar-refractivity contribution >= 4 is 29.3 Å². The molecule has 196 valence electrons. The minimum Gasteiger partial charge on any atom is -0.388 e. The van der Waals surface area contributed by atoms with E-state index in [-0.39, 0.29) is 17.9 Å². The van der Waals surface area contributed by atoms with E-state index < -0.39 is 47.3 Å². The van der Waals surface area contributed by atoms with Crippen molar-refractivity contribution in [3.63, 3.8) is 0 Å². The van der Waals surface area contributed by atoms with Crippen LogP contribution in [0.15, 0.2) is 24.3 Å². The lowest BCUT2D eigenvalue weighted by Gasteiger charge is -2.44. The smallest absolute Gasteiger partial charge is 0.240 e. The third-order valence-electron chi connectivity index (χ3n) is 7.58. The topological polar surface area (TPSA) is 120 Å². The summed E-state index contributed by atoms with van der Waals surface area (Å²) in [7, 11) is 0. The molecule has 11 unspecified atom stereocenters. The molecule has 1 aromatic carbocycles. The summed E-state index contributed by atoms with van der Waals surface area (Å²) >= 11 is 7.64. The van der Waals surface area contributed by atoms with E-state index in [0.717, 1.165) is 12.8 Å². The van der Waals surface area contributed by atoms with Crippen LogP contribution >= 0.6 is 23.4 Å². The average molecular weight is 529 g/mol. The Morgan fingerprint density at radius 3 is 2.57 bits per heavy atom. The normalized spacial score (nSPS) is 39.3. The van der Waals surface area contributed by atoms with Crippen molar-refractivity contribution in [3.05, 3.63) is 35.4 Å². The molecule has 0 bridgehead atoms. The summed E-state index contributed by atoms with van der Waals surface area (Å²) in [6.07, 6.45) is -1.69. The second kappa shape index (κ2) is 11.6. The van der Waals surface area contributed by atoms with Crippen LogP contribution in [-0.2, 0) is 14.3 Å². The Morgan fingerprint density at radius 2 is 1.91 bits per heavy atom. The number of carbonyl (C=O) groups excluding carboxylic acids is 1. The molecule has 3 fully saturated rings. The van der Waals surface area contributed by atoms with E-state index in [1.54, 1.807) is 13.2 Å². The lowest BCUT2D eigenvalue weighted by Crippen LogP contribution is -2.65. The Hall–Kier alpha value is -0.910. The summed E-state index contributed by atoms with van der Waals surface area (Å²) < 4.78 is 12.1. The van der Waals surface area contributed by atoms with Crippen molar-refractivity contribution in [3.8, 4) is 0 Å². The number of rotatable bonds is 6. The number of amides is 1. The molecule has 0 spiro atoms. The Kier molecular flexibility index (Phi) is 9.03. The molecule has 3 aliphatic heterocycles. The maximum atomic E-state index is 13.4. The first-order valence-corrected chi connectivity index (χ1v) is 14.0. The average Bonchev–Trinajstić information content (AvgIpc) is 3.12. The van der Waals surface area contributed by atoms with Gasteiger partial charge in [-0.2, -0.15) is 0 Å². The molecule has 11 atom stereocenters. The molecular weight excluding hydrogens is 492 g/mol. The van der Waals surface area contributed by atoms with Crippen LogP contribution < -0.4 is 10.6 Å². The van der Waals surface area contributed by atoms with Crippen LogP contribution in [0.2, 0.25) is 0 Å². The number of ether oxygens (including phenoxy) is 2. The molecule has 3 heterocycles. The zero-order chi connectivity index (χ0) is 25.3. The number of benzene rings is 1. The van der Waals surface area contributed by atoms with Gasteiger partial charge in [-0.25, -0.2) is 0 Å². The number of aryl methyl sites for hydroxylation is 1. The number of nitrogens with one attached hydrogen (secondary N) is 2. The highest BCUT2D eigenvalue weighted by Crippen LogP contribution is 2.36. The standard InChI is InChI=1S/C25H37ClN2O6S/c1-12-4-6-14(7-5-12)15-8-9-33-22-16(10-15)11-27-18(22)24(32)28-17(13(2)26)23-20(30)19(29)21(31)25(34-23)35-3/h4-7,13,15-23,25,27,29-31H,8-11H2,1-3H3,(H,28,32). The number of thioether (sulfide) groups is 1. The number of fused-ring (bicyclic) bond motifs is 1. The SMILES string of the molecule is CSC1OC(C(NC(=O)C2NCC3CC(c4ccc(C)cc4)CCOC32)C(C)Cl)C(O)C(O)C1O. The first-order valence-electron chi connectivity index (χ1n) is 12.3. The van der Waals surface area contributed by atoms with Crippen LogP contribution in [0.3, 0.4) is 0 Å². The van der Waals surface area contributed by atoms with Crippen molar-refractivity contribution < 1.29 is 29.6 Å². The number of hydrogen-bond acceptors (Lipinski definition) is 8. The van der Waals surface area contributed by atoms with Crippen molar-refractivity contribution in [2.24, 2.45) is 5.92 Å². The summed E-state index contributed by atoms with van der Waals surface area (Å²) in [6.45, 7) is 5.03. The number of halogens is 1. The van der Waals surface area contributed by atoms with Gasteiger partial charge in [-0.05, 0) is 44.4 Å². The van der Waals surface area contributed by atoms with Crippen molar-refractivity contribution in [2.45, 2.75) is 86.0 Å². The summed E-state index contributed by atoms with van der Waals surface area (Å²) in [5.41, 5.74) is 1.79. The molecule has 0 saturated carbocycles. The van der Waals surface area contributed by atoms with E-state index in [1.165, 1.54) is 22.9 Å². The zero-order valence-electron chi connectivity index (χ0n) is 20.3. The van der Waals surface area contributed by atoms with Gasteiger partial charge in [0.15, 0.2) is 0 Å². The van der Waals surface area contributed by atoms with Gasteiger partial charge in [0.25, 0.3) is 0 Å². The van der Waals surface area contributed by atoms with E-state index in [1.807, 2.05) is 0 Å². The number of carbonyl (C=O) groups is 1. The zero-order valence-corrected chi connectivity index (χ0v) is 21.9. The van der Waals surface area contributed by atoms with Crippen molar-refractivity contribution in [1.29, 1.82) is 0 Å². The highest BCUT2D eigenvalue weighted by Gasteiger charge is 2.49. The van der Waals surface area contributed by atoms with Gasteiger partial charge in [-0.15, -0.1) is 23.4 Å². The number of aliphatic hydroxyl groups is 3. The summed E-state index contributed by atoms with van der Waals surface area (Å²) in [4.78, 5) is 13.4. The van der Waals surface area contributed by atoms with Crippen LogP contribution in [0, 0.1) is 12.8 Å². The monoisotopic (exact) mass is 528 g/mol. The summed E-state index contributed by atoms with van der Waals surface area (Å²) in [5, 5.41) is 36.8. The van der Waals surface area contributed by atoms with Crippen LogP contribution in [0.1, 0.15) is 36.8 Å². The number of aliphatic hydroxyl groups excluding tert-OH is 3. The van der Waals surface area contributed by atoms with Gasteiger partial charge in [0.2, 0.25) is 5.91 Å². The second-order valence-corrected chi connectivity index (χ2v) is 11.6. The molecule has 0 aliphatic carbocycles. The molecule has 10 heteroatoms. The maximum Gasteiger partial charge on any atom is 0.240 e. The summed E-state index contributed by atoms with van der Waals surface area (Å²) in [6, 6.07) is 7.30. The minimum atomic E-state index is -1.40. The van der Waals surface area contributed by atoms with E-state index >= 15 is 0 Å². The predicted octanol–water partition coefficient (Wildman–Crippen LogP) is 1.13. The predicted molar refractivity (Wildman–Crippen MR) is 136 cm³/mol. The molecule has 4 rings (SSSR count). The van der Waals surface area contributed by atoms with Crippen LogP contribution in [0.5, 0.6) is 0 Å². The van der Waals surface area contributed by atoms with Crippen molar-refractivity contribution in [1.82, 2.24) is 10.6 Å². The highest BCUT2D eigenvalue weighted by molar-refractivity contribution is 7.99. The van der Waals surface area contributed by atoms with Crippen molar-refractivity contribution in [2.75, 3.05) is 19.4 Å². The van der Waals surface area contributed by atoms with E-state index in [2.05, 4.69) is 41.8 Å². The fourth-order valence-corrected chi connectivity index (χ4v) is 6.41. The molecule has 0 aromatic heterocycles. The van der Waals surface area contributed by atoms with Crippen LogP contribution in [0.4, 0.5) is 0 Å². The molecule has 35 heavy (non-hydrogen) atoms. The molecule has 3 saturated heterocycles. The molecule has 0 radical (unpaired) electrons. The number of alkyl halides is 1. The number of hydrogen-bond donors (Lipinski definition) is 5. The molecule has 1 aromatic rings. The van der Waals surface area contributed by atoms with Gasteiger partial charge in [-0.1, -0.05) is 29.8 Å². The first-order chi connectivity index (χ1) is 16.7. The van der Waals surface area contributed by atoms with E-state index in [4.69, 9.17) is 21.1 Å². The van der Waals surface area contributed by atoms with E-state index in [9.17, 15) is 20.1 Å². The van der Waals surface area contributed by atoms with Crippen LogP contribution in [-0.4, -0.2) is 94.1 Å². The van der Waals surface area contributed by atoms with Gasteiger partial charge in [0, 0.05) is 19.1 Å². The van der Waals surface area contributed by atoms with E-state index in [0.29, 0.717) is 19.1 Å². The maximum absolute atomic E-state index is 13.4. The molecular formula is C25H37ClN2O6S. The fourth-order valence-electron chi connectivity index (χ4n) is 5.52. The Bertz CT molecular complexity index is 859. The summed E-state index contributed by atoms with van der Waals surface area (Å²) in [5.74, 6) is 0.300. The molecule has 1 amide bonds. The van der Waals surface area contributed by atoms with Gasteiger partial charge < -0.3 is 35.4 Å². The Morgan fingerprint density at radius 1 is 1.20 bits per heavy atom. The lowest BCUT2D eigenvalue weighted by atomic mass is 9.85. The third kappa shape index (κ3) is 5.83. The quantitative estimate of drug-likeness (QED) is 0.349. The van der Waals surface area contributed by atoms with Gasteiger partial charge in [0.05, 0.1) is 17.5 Å². The second-order valence-electron chi connectivity index (χ2n) is 10.0. The van der Waals surface area contributed by atoms with Gasteiger partial charge >= 0.3 is 0 Å². The third-order valence-corrected chi connectivity index (χ3v) is 8.71. The van der Waals surface area contributed by atoms with Crippen LogP contribution in [0.25, 0.3) is 0 Å². The highest BCUT2D eigenvalue weighted by atomic mass is 35.5. The fraction of sp³-hybridized carbons (Fsp3) is 0.720. The first kappa shape index (κ1) is 27.1. The Labute approximate surface area is 216 Å². The van der Waals surface area contributed by atoms with Gasteiger partial charge in [0.1, 0.15) is 35.9 Å². The molecule has 3 aliphatic rings. The lowest BCUT2D eigenvalue weighted by molar-refractivity contribution is -0.205. The largest absolute Gasteiger partial charge is 0.388 e. The molecule has 5 N–H and O–H groups in total. The Balaban J connectivity index is 1.44. The molecule has 8 nitrogen and oxygen atoms in total. The van der Waals surface area contributed by atoms with Gasteiger partial charge in [-0.3, -0.25) is 4.79 Å². The minimum absolute atomic E-state index is 0.195.